The van der Waals surface area contributed by atoms with Gasteiger partial charge in [0.05, 0.1) is 32.3 Å². The van der Waals surface area contributed by atoms with E-state index in [0.29, 0.717) is 0 Å². The first-order valence-electron chi connectivity index (χ1n) is 7.37. The first-order valence-corrected chi connectivity index (χ1v) is 7.37. The van der Waals surface area contributed by atoms with E-state index in [0.717, 1.165) is 0 Å². The van der Waals surface area contributed by atoms with Crippen LogP contribution >= 0.6 is 0 Å². The quantitative estimate of drug-likeness (QED) is 0.431. The first kappa shape index (κ1) is 17.4. The highest BCUT2D eigenvalue weighted by Crippen LogP contribution is 2.25. The normalized spacial score (nSPS) is 29.8. The van der Waals surface area contributed by atoms with Gasteiger partial charge in [0, 0.05) is 12.0 Å². The number of aliphatic hydroxyl groups is 2. The Bertz CT molecular complexity index is 519. The van der Waals surface area contributed by atoms with E-state index in [2.05, 4.69) is 5.32 Å². The highest BCUT2D eigenvalue weighted by Gasteiger charge is 2.42. The molecule has 0 saturated carbocycles. The molecule has 0 radical (unpaired) electrons. The van der Waals surface area contributed by atoms with Crippen LogP contribution in [0.3, 0.4) is 0 Å². The topological polar surface area (TPSA) is 125 Å². The summed E-state index contributed by atoms with van der Waals surface area (Å²) < 4.78 is 10.2. The van der Waals surface area contributed by atoms with E-state index in [1.54, 1.807) is 6.92 Å². The molecule has 0 unspecified atom stereocenters. The van der Waals surface area contributed by atoms with E-state index < -0.39 is 36.3 Å². The van der Waals surface area contributed by atoms with Gasteiger partial charge in [-0.25, -0.2) is 4.79 Å². The summed E-state index contributed by atoms with van der Waals surface area (Å²) in [4.78, 5) is 36.3. The molecule has 0 aliphatic carbocycles. The summed E-state index contributed by atoms with van der Waals surface area (Å²) in [5, 5.41) is 21.2. The zero-order valence-electron chi connectivity index (χ0n) is 12.7. The predicted octanol–water partition coefficient (Wildman–Crippen LogP) is -1.11. The minimum atomic E-state index is -0.961. The second-order valence-corrected chi connectivity index (χ2v) is 5.26. The molecule has 0 aromatic heterocycles. The predicted molar refractivity (Wildman–Crippen MR) is 75.9 cm³/mol. The number of nitrogens with zero attached hydrogens (tertiary/aromatic N) is 1. The molecule has 2 heterocycles. The number of carbonyl (C=O) groups is 3. The molecule has 2 aliphatic rings. The maximum absolute atomic E-state index is 11.9. The van der Waals surface area contributed by atoms with Crippen molar-refractivity contribution >= 4 is 17.9 Å². The molecule has 0 bridgehead atoms. The Hall–Kier alpha value is -1.97. The third-order valence-electron chi connectivity index (χ3n) is 3.61. The average Bonchev–Trinajstić information content (AvgIpc) is 2.88. The van der Waals surface area contributed by atoms with Crippen LogP contribution in [-0.4, -0.2) is 71.2 Å². The summed E-state index contributed by atoms with van der Waals surface area (Å²) in [5.74, 6) is -1.07. The highest BCUT2D eigenvalue weighted by atomic mass is 16.5. The van der Waals surface area contributed by atoms with Gasteiger partial charge in [0.15, 0.2) is 6.23 Å². The van der Waals surface area contributed by atoms with Crippen LogP contribution in [-0.2, 0) is 19.1 Å². The molecule has 2 fully saturated rings. The molecule has 0 aromatic rings. The SMILES string of the molecule is CCOC(=O)CC=C1CN([C@@H]2O[C@H](CO)C[C@H]2O)C(=O)NC1=O. The fraction of sp³-hybridized carbons (Fsp3) is 0.643. The van der Waals surface area contributed by atoms with Crippen LogP contribution in [0.1, 0.15) is 19.8 Å². The molecule has 2 aliphatic heterocycles. The van der Waals surface area contributed by atoms with Gasteiger partial charge in [-0.3, -0.25) is 19.8 Å². The highest BCUT2D eigenvalue weighted by molar-refractivity contribution is 6.07. The lowest BCUT2D eigenvalue weighted by Crippen LogP contribution is -2.57. The van der Waals surface area contributed by atoms with Crippen molar-refractivity contribution in [3.8, 4) is 0 Å². The molecule has 23 heavy (non-hydrogen) atoms. The van der Waals surface area contributed by atoms with Crippen molar-refractivity contribution in [2.24, 2.45) is 0 Å². The van der Waals surface area contributed by atoms with Crippen LogP contribution in [0.2, 0.25) is 0 Å². The average molecular weight is 328 g/mol. The van der Waals surface area contributed by atoms with E-state index in [-0.39, 0.29) is 38.2 Å². The van der Waals surface area contributed by atoms with Crippen LogP contribution in [0, 0.1) is 0 Å². The zero-order valence-corrected chi connectivity index (χ0v) is 12.7. The Morgan fingerprint density at radius 3 is 2.87 bits per heavy atom. The summed E-state index contributed by atoms with van der Waals surface area (Å²) in [6.07, 6.45) is -0.985. The number of nitrogens with one attached hydrogen (secondary N) is 1. The van der Waals surface area contributed by atoms with Gasteiger partial charge in [-0.15, -0.1) is 0 Å². The van der Waals surface area contributed by atoms with Gasteiger partial charge < -0.3 is 19.7 Å². The smallest absolute Gasteiger partial charge is 0.326 e. The molecule has 0 spiro atoms. The molecule has 3 amide bonds. The Balaban J connectivity index is 2.06. The number of hydrogen-bond donors (Lipinski definition) is 3. The summed E-state index contributed by atoms with van der Waals surface area (Å²) >= 11 is 0. The zero-order chi connectivity index (χ0) is 17.0. The van der Waals surface area contributed by atoms with Gasteiger partial charge >= 0.3 is 12.0 Å². The number of rotatable bonds is 5. The second kappa shape index (κ2) is 7.53. The largest absolute Gasteiger partial charge is 0.466 e. The monoisotopic (exact) mass is 328 g/mol. The maximum atomic E-state index is 11.9. The summed E-state index contributed by atoms with van der Waals surface area (Å²) in [5.41, 5.74) is 0.209. The van der Waals surface area contributed by atoms with E-state index in [1.807, 2.05) is 0 Å². The van der Waals surface area contributed by atoms with E-state index in [1.165, 1.54) is 11.0 Å². The fourth-order valence-corrected chi connectivity index (χ4v) is 2.49. The molecule has 9 heteroatoms. The Morgan fingerprint density at radius 2 is 2.26 bits per heavy atom. The van der Waals surface area contributed by atoms with Crippen molar-refractivity contribution in [3.05, 3.63) is 11.6 Å². The minimum Gasteiger partial charge on any atom is -0.466 e. The van der Waals surface area contributed by atoms with Gasteiger partial charge in [-0.1, -0.05) is 6.08 Å². The third-order valence-corrected chi connectivity index (χ3v) is 3.61. The standard InChI is InChI=1S/C14H20N2O7/c1-2-22-11(19)4-3-8-6-16(14(21)15-12(8)20)13-10(18)5-9(7-17)23-13/h3,9-10,13,17-18H,2,4-7H2,1H3,(H,15,20,21)/t9-,10+,13+/m0/s1. The summed E-state index contributed by atoms with van der Waals surface area (Å²) in [7, 11) is 0. The molecular weight excluding hydrogens is 308 g/mol. The van der Waals surface area contributed by atoms with Crippen molar-refractivity contribution in [1.82, 2.24) is 10.2 Å². The fourth-order valence-electron chi connectivity index (χ4n) is 2.49. The molecule has 3 atom stereocenters. The number of hydrogen-bond acceptors (Lipinski definition) is 7. The lowest BCUT2D eigenvalue weighted by Gasteiger charge is -2.34. The number of esters is 1. The van der Waals surface area contributed by atoms with E-state index in [4.69, 9.17) is 14.6 Å². The molecule has 2 rings (SSSR count). The second-order valence-electron chi connectivity index (χ2n) is 5.26. The Labute approximate surface area is 132 Å². The van der Waals surface area contributed by atoms with Crippen molar-refractivity contribution in [2.45, 2.75) is 38.2 Å². The van der Waals surface area contributed by atoms with E-state index >= 15 is 0 Å². The molecule has 0 aromatic carbocycles. The molecular formula is C14H20N2O7. The molecule has 3 N–H and O–H groups in total. The van der Waals surface area contributed by atoms with Crippen LogP contribution in [0.15, 0.2) is 11.6 Å². The maximum Gasteiger partial charge on any atom is 0.326 e. The van der Waals surface area contributed by atoms with Gasteiger partial charge in [0.2, 0.25) is 0 Å². The lowest BCUT2D eigenvalue weighted by molar-refractivity contribution is -0.142. The van der Waals surface area contributed by atoms with Crippen LogP contribution in [0.25, 0.3) is 0 Å². The molecule has 9 nitrogen and oxygen atoms in total. The number of ether oxygens (including phenoxy) is 2. The minimum absolute atomic E-state index is 0.0913. The number of urea groups is 1. The van der Waals surface area contributed by atoms with Gasteiger partial charge in [-0.05, 0) is 6.92 Å². The molecule has 2 saturated heterocycles. The van der Waals surface area contributed by atoms with Gasteiger partial charge in [0.1, 0.15) is 6.10 Å². The van der Waals surface area contributed by atoms with Gasteiger partial charge in [0.25, 0.3) is 5.91 Å². The first-order chi connectivity index (χ1) is 11.0. The van der Waals surface area contributed by atoms with Gasteiger partial charge in [-0.2, -0.15) is 0 Å². The summed E-state index contributed by atoms with van der Waals surface area (Å²) in [6, 6.07) is -0.689. The van der Waals surface area contributed by atoms with Crippen LogP contribution in [0.5, 0.6) is 0 Å². The summed E-state index contributed by atoms with van der Waals surface area (Å²) in [6.45, 7) is 1.55. The molecule has 128 valence electrons. The number of amides is 3. The van der Waals surface area contributed by atoms with Crippen molar-refractivity contribution in [1.29, 1.82) is 0 Å². The van der Waals surface area contributed by atoms with Crippen molar-refractivity contribution in [2.75, 3.05) is 19.8 Å². The van der Waals surface area contributed by atoms with Crippen LogP contribution < -0.4 is 5.32 Å². The van der Waals surface area contributed by atoms with Crippen LogP contribution in [0.4, 0.5) is 4.79 Å². The Kier molecular flexibility index (Phi) is 5.69. The number of imide groups is 1. The van der Waals surface area contributed by atoms with Crippen molar-refractivity contribution < 1.29 is 34.1 Å². The lowest BCUT2D eigenvalue weighted by atomic mass is 10.1. The van der Waals surface area contributed by atoms with E-state index in [9.17, 15) is 19.5 Å². The number of aliphatic hydroxyl groups excluding tert-OH is 2. The Morgan fingerprint density at radius 1 is 1.52 bits per heavy atom. The van der Waals surface area contributed by atoms with Crippen molar-refractivity contribution in [3.63, 3.8) is 0 Å². The third kappa shape index (κ3) is 4.06. The number of carbonyl (C=O) groups excluding carboxylic acids is 3.